The zero-order valence-corrected chi connectivity index (χ0v) is 28.9. The Balaban J connectivity index is 1.28. The summed E-state index contributed by atoms with van der Waals surface area (Å²) in [4.78, 5) is 46.8. The first-order valence-electron chi connectivity index (χ1n) is 17.0. The van der Waals surface area contributed by atoms with Crippen molar-refractivity contribution in [3.05, 3.63) is 136 Å². The van der Waals surface area contributed by atoms with Crippen LogP contribution in [-0.2, 0) is 33.0 Å². The summed E-state index contributed by atoms with van der Waals surface area (Å²) in [5.74, 6) is 0.101. The first kappa shape index (κ1) is 33.6. The normalized spacial score (nSPS) is 15.2. The second-order valence-electron chi connectivity index (χ2n) is 13.2. The van der Waals surface area contributed by atoms with E-state index in [1.165, 1.54) is 17.0 Å². The lowest BCUT2D eigenvalue weighted by Crippen LogP contribution is -2.46. The molecule has 5 aromatic rings. The lowest BCUT2D eigenvalue weighted by atomic mass is 9.89. The highest BCUT2D eigenvalue weighted by molar-refractivity contribution is 6.08. The Morgan fingerprint density at radius 2 is 1.55 bits per heavy atom. The molecule has 0 unspecified atom stereocenters. The van der Waals surface area contributed by atoms with Crippen LogP contribution < -0.4 is 9.64 Å². The molecule has 1 atom stereocenters. The van der Waals surface area contributed by atoms with Gasteiger partial charge in [0.15, 0.2) is 0 Å². The number of rotatable bonds is 6. The van der Waals surface area contributed by atoms with Crippen LogP contribution in [0.4, 0.5) is 10.5 Å². The van der Waals surface area contributed by atoms with E-state index in [1.54, 1.807) is 41.1 Å². The number of carbonyl (C=O) groups excluding carboxylic acids is 3. The minimum atomic E-state index is -0.462. The second-order valence-corrected chi connectivity index (χ2v) is 13.2. The zero-order chi connectivity index (χ0) is 35.8. The highest BCUT2D eigenvalue weighted by Crippen LogP contribution is 2.36. The number of aromatic hydroxyl groups is 1. The van der Waals surface area contributed by atoms with E-state index in [2.05, 4.69) is 0 Å². The van der Waals surface area contributed by atoms with Crippen molar-refractivity contribution in [3.8, 4) is 22.8 Å². The van der Waals surface area contributed by atoms with Crippen LogP contribution in [0.3, 0.4) is 0 Å². The molecule has 4 aromatic carbocycles. The molecule has 0 saturated carbocycles. The van der Waals surface area contributed by atoms with Crippen LogP contribution in [-0.4, -0.2) is 68.7 Å². The molecule has 10 heteroatoms. The highest BCUT2D eigenvalue weighted by atomic mass is 16.6. The summed E-state index contributed by atoms with van der Waals surface area (Å²) in [6, 6.07) is 28.6. The van der Waals surface area contributed by atoms with Crippen molar-refractivity contribution in [1.82, 2.24) is 14.4 Å². The van der Waals surface area contributed by atoms with Crippen LogP contribution in [0, 0.1) is 6.92 Å². The summed E-state index contributed by atoms with van der Waals surface area (Å²) in [6.07, 6.45) is 0.620. The third-order valence-electron chi connectivity index (χ3n) is 10.2. The number of hydrogen-bond acceptors (Lipinski definition) is 6. The fourth-order valence-electron chi connectivity index (χ4n) is 7.10. The van der Waals surface area contributed by atoms with Gasteiger partial charge in [-0.1, -0.05) is 42.5 Å². The summed E-state index contributed by atoms with van der Waals surface area (Å²) < 4.78 is 7.57. The average molecular weight is 685 g/mol. The number of phenols is 1. The van der Waals surface area contributed by atoms with Gasteiger partial charge in [-0.25, -0.2) is 4.79 Å². The third-order valence-corrected chi connectivity index (χ3v) is 10.2. The van der Waals surface area contributed by atoms with Gasteiger partial charge >= 0.3 is 6.09 Å². The maximum atomic E-state index is 14.8. The maximum Gasteiger partial charge on any atom is 0.415 e. The molecule has 0 aliphatic carbocycles. The van der Waals surface area contributed by atoms with E-state index >= 15 is 0 Å². The van der Waals surface area contributed by atoms with Gasteiger partial charge in [0.05, 0.1) is 18.2 Å². The fraction of sp³-hybridized carbons (Fsp3) is 0.244. The molecule has 0 saturated heterocycles. The maximum absolute atomic E-state index is 14.8. The van der Waals surface area contributed by atoms with Crippen molar-refractivity contribution in [3.63, 3.8) is 0 Å². The largest absolute Gasteiger partial charge is 0.508 e. The van der Waals surface area contributed by atoms with E-state index < -0.39 is 12.1 Å². The number of hydrogen-bond donors (Lipinski definition) is 2. The van der Waals surface area contributed by atoms with Crippen molar-refractivity contribution in [2.45, 2.75) is 38.9 Å². The number of anilines is 1. The van der Waals surface area contributed by atoms with Crippen LogP contribution in [0.25, 0.3) is 11.3 Å². The summed E-state index contributed by atoms with van der Waals surface area (Å²) >= 11 is 0. The number of aliphatic hydroxyl groups is 1. The lowest BCUT2D eigenvalue weighted by molar-refractivity contribution is 0.0544. The quantitative estimate of drug-likeness (QED) is 0.224. The van der Waals surface area contributed by atoms with E-state index in [0.717, 1.165) is 27.9 Å². The molecule has 51 heavy (non-hydrogen) atoms. The van der Waals surface area contributed by atoms with Crippen molar-refractivity contribution in [2.75, 3.05) is 25.1 Å². The molecule has 1 aromatic heterocycles. The van der Waals surface area contributed by atoms with Crippen molar-refractivity contribution in [1.29, 1.82) is 0 Å². The summed E-state index contributed by atoms with van der Waals surface area (Å²) in [5.41, 5.74) is 7.62. The van der Waals surface area contributed by atoms with Gasteiger partial charge in [-0.3, -0.25) is 9.59 Å². The number of amides is 3. The van der Waals surface area contributed by atoms with E-state index in [9.17, 15) is 24.6 Å². The van der Waals surface area contributed by atoms with Gasteiger partial charge in [0.1, 0.15) is 11.5 Å². The van der Waals surface area contributed by atoms with Gasteiger partial charge in [0.2, 0.25) is 0 Å². The monoisotopic (exact) mass is 684 g/mol. The zero-order valence-electron chi connectivity index (χ0n) is 28.9. The highest BCUT2D eigenvalue weighted by Gasteiger charge is 2.34. The van der Waals surface area contributed by atoms with Crippen LogP contribution in [0.2, 0.25) is 0 Å². The predicted octanol–water partition coefficient (Wildman–Crippen LogP) is 6.10. The van der Waals surface area contributed by atoms with Crippen molar-refractivity contribution < 1.29 is 29.3 Å². The average Bonchev–Trinajstić information content (AvgIpc) is 3.46. The number of ether oxygens (including phenoxy) is 1. The molecule has 0 bridgehead atoms. The van der Waals surface area contributed by atoms with Crippen molar-refractivity contribution in [2.24, 2.45) is 7.05 Å². The number of nitrogens with zero attached hydrogens (tertiary/aromatic N) is 4. The molecule has 2 N–H and O–H groups in total. The molecular weight excluding hydrogens is 644 g/mol. The predicted molar refractivity (Wildman–Crippen MR) is 194 cm³/mol. The second kappa shape index (κ2) is 13.8. The molecule has 2 aliphatic rings. The van der Waals surface area contributed by atoms with Crippen LogP contribution in [0.1, 0.15) is 48.7 Å². The van der Waals surface area contributed by atoms with E-state index in [1.807, 2.05) is 79.2 Å². The Labute approximate surface area is 296 Å². The van der Waals surface area contributed by atoms with E-state index in [4.69, 9.17) is 4.74 Å². The fourth-order valence-corrected chi connectivity index (χ4v) is 7.10. The van der Waals surface area contributed by atoms with Gasteiger partial charge in [-0.15, -0.1) is 0 Å². The number of aliphatic hydroxyl groups excluding tert-OH is 1. The Hall–Kier alpha value is -5.87. The molecular formula is C41H40N4O6. The van der Waals surface area contributed by atoms with Gasteiger partial charge in [0.25, 0.3) is 11.8 Å². The van der Waals surface area contributed by atoms with Crippen LogP contribution in [0.15, 0.2) is 97.1 Å². The Morgan fingerprint density at radius 3 is 2.27 bits per heavy atom. The number of benzene rings is 4. The lowest BCUT2D eigenvalue weighted by Gasteiger charge is -2.37. The summed E-state index contributed by atoms with van der Waals surface area (Å²) in [7, 11) is 3.57. The molecule has 260 valence electrons. The van der Waals surface area contributed by atoms with E-state index in [-0.39, 0.29) is 30.7 Å². The first-order chi connectivity index (χ1) is 24.6. The molecule has 10 nitrogen and oxygen atoms in total. The summed E-state index contributed by atoms with van der Waals surface area (Å²) in [6.45, 7) is 2.74. The molecule has 7 rings (SSSR count). The SMILES string of the molecule is Cc1c(C(=O)N(C)c2ccc(O)cc2)cc(-c2cc3c(cc2C(=O)N2Cc4ccccc4C[C@H]2CO)CN(C(=O)Oc2ccccc2)CC3)n1C. The number of phenolic OH excluding ortho intramolecular Hbond substituents is 1. The molecule has 3 heterocycles. The third kappa shape index (κ3) is 6.46. The molecule has 3 amide bonds. The van der Waals surface area contributed by atoms with Gasteiger partial charge in [-0.05, 0) is 96.6 Å². The molecule has 2 aliphatic heterocycles. The van der Waals surface area contributed by atoms with E-state index in [0.29, 0.717) is 59.8 Å². The molecule has 0 fully saturated rings. The minimum absolute atomic E-state index is 0.110. The summed E-state index contributed by atoms with van der Waals surface area (Å²) in [5, 5.41) is 20.2. The number of carbonyl (C=O) groups is 3. The molecule has 0 radical (unpaired) electrons. The number of fused-ring (bicyclic) bond motifs is 2. The Bertz CT molecular complexity index is 2120. The topological polar surface area (TPSA) is 116 Å². The minimum Gasteiger partial charge on any atom is -0.508 e. The van der Waals surface area contributed by atoms with Gasteiger partial charge in [-0.2, -0.15) is 0 Å². The van der Waals surface area contributed by atoms with Crippen molar-refractivity contribution >= 4 is 23.6 Å². The number of aromatic nitrogens is 1. The van der Waals surface area contributed by atoms with Gasteiger partial charge in [0, 0.05) is 61.9 Å². The van der Waals surface area contributed by atoms with Crippen LogP contribution >= 0.6 is 0 Å². The van der Waals surface area contributed by atoms with Crippen LogP contribution in [0.5, 0.6) is 11.5 Å². The Morgan fingerprint density at radius 1 is 0.843 bits per heavy atom. The first-order valence-corrected chi connectivity index (χ1v) is 17.0. The Kier molecular flexibility index (Phi) is 9.10. The number of para-hydroxylation sites is 1. The smallest absolute Gasteiger partial charge is 0.415 e. The van der Waals surface area contributed by atoms with Gasteiger partial charge < -0.3 is 34.2 Å². The standard InChI is InChI=1S/C41H40N4O6/c1-26-35(39(48)43(3)31-13-15-33(47)16-14-31)22-38(42(26)2)36-20-28-17-18-44(41(50)51-34-11-5-4-6-12-34)23-30(28)21-37(36)40(49)45-24-29-10-8-7-9-27(29)19-32(45)25-46/h4-16,20-22,32,46-47H,17-19,23-25H2,1-3H3/t32-/m0/s1. The molecule has 0 spiro atoms.